The fourth-order valence-corrected chi connectivity index (χ4v) is 4.47. The van der Waals surface area contributed by atoms with Crippen molar-refractivity contribution in [1.29, 1.82) is 0 Å². The van der Waals surface area contributed by atoms with Gasteiger partial charge in [0, 0.05) is 31.2 Å². The van der Waals surface area contributed by atoms with Gasteiger partial charge in [0.2, 0.25) is 0 Å². The molecule has 5 heteroatoms. The number of carbonyl (C=O) groups excluding carboxylic acids is 1. The molecule has 1 heterocycles. The second-order valence-corrected chi connectivity index (χ2v) is 8.67. The summed E-state index contributed by atoms with van der Waals surface area (Å²) >= 11 is 0. The van der Waals surface area contributed by atoms with Gasteiger partial charge < -0.3 is 19.5 Å². The van der Waals surface area contributed by atoms with Crippen molar-refractivity contribution in [2.45, 2.75) is 45.1 Å². The average Bonchev–Trinajstić information content (AvgIpc) is 2.86. The third-order valence-electron chi connectivity index (χ3n) is 6.28. The summed E-state index contributed by atoms with van der Waals surface area (Å²) in [5.41, 5.74) is 6.14. The second kappa shape index (κ2) is 13.9. The van der Waals surface area contributed by atoms with Crippen LogP contribution in [0.5, 0.6) is 5.75 Å². The van der Waals surface area contributed by atoms with Crippen LogP contribution in [-0.2, 0) is 24.2 Å². The van der Waals surface area contributed by atoms with Crippen LogP contribution in [-0.4, -0.2) is 19.1 Å². The minimum absolute atomic E-state index is 0. The molecule has 174 valence electrons. The number of carbonyl (C=O) groups is 1. The van der Waals surface area contributed by atoms with Gasteiger partial charge in [0.15, 0.2) is 0 Å². The number of aryl methyl sites for hydroxylation is 1. The van der Waals surface area contributed by atoms with Crippen LogP contribution in [0.15, 0.2) is 72.8 Å². The molecular formula is C30H30KNO3. The first-order valence-electron chi connectivity index (χ1n) is 11.9. The first-order chi connectivity index (χ1) is 16.6. The van der Waals surface area contributed by atoms with Gasteiger partial charge in [0.05, 0.1) is 5.92 Å². The van der Waals surface area contributed by atoms with Gasteiger partial charge in [-0.25, -0.2) is 0 Å². The molecule has 0 spiro atoms. The topological polar surface area (TPSA) is 52.6 Å². The van der Waals surface area contributed by atoms with E-state index in [9.17, 15) is 9.90 Å². The maximum atomic E-state index is 11.0. The summed E-state index contributed by atoms with van der Waals surface area (Å²) in [7, 11) is 0. The largest absolute Gasteiger partial charge is 1.00 e. The molecule has 35 heavy (non-hydrogen) atoms. The van der Waals surface area contributed by atoms with Crippen molar-refractivity contribution in [3.63, 3.8) is 0 Å². The van der Waals surface area contributed by atoms with Gasteiger partial charge >= 0.3 is 51.4 Å². The SMILES string of the molecule is CC#C[C@@H](CC(=O)[O-])c1ccc(OCc2ccc(CCN3CCCc4ccccc43)cc2)cc1.[K+]. The van der Waals surface area contributed by atoms with Crippen molar-refractivity contribution in [3.05, 3.63) is 95.1 Å². The zero-order valence-electron chi connectivity index (χ0n) is 20.6. The Morgan fingerprint density at radius 2 is 1.74 bits per heavy atom. The summed E-state index contributed by atoms with van der Waals surface area (Å²) in [4.78, 5) is 13.5. The number of para-hydroxylation sites is 1. The van der Waals surface area contributed by atoms with Crippen LogP contribution in [0.2, 0.25) is 0 Å². The molecule has 0 aliphatic carbocycles. The summed E-state index contributed by atoms with van der Waals surface area (Å²) in [5, 5.41) is 11.0. The summed E-state index contributed by atoms with van der Waals surface area (Å²) in [5.74, 6) is 5.01. The first kappa shape index (κ1) is 27.5. The Bertz CT molecular complexity index is 1160. The van der Waals surface area contributed by atoms with E-state index in [1.165, 1.54) is 29.7 Å². The molecule has 1 aliphatic heterocycles. The van der Waals surface area contributed by atoms with Gasteiger partial charge in [0.1, 0.15) is 12.4 Å². The number of hydrogen-bond acceptors (Lipinski definition) is 4. The van der Waals surface area contributed by atoms with E-state index in [-0.39, 0.29) is 63.7 Å². The number of anilines is 1. The van der Waals surface area contributed by atoms with Crippen molar-refractivity contribution in [1.82, 2.24) is 0 Å². The number of carboxylic acid groups (broad SMARTS) is 1. The Hall–Kier alpha value is -2.07. The van der Waals surface area contributed by atoms with Crippen LogP contribution in [0.1, 0.15) is 47.9 Å². The van der Waals surface area contributed by atoms with Crippen LogP contribution >= 0.6 is 0 Å². The Kier molecular flexibility index (Phi) is 10.9. The van der Waals surface area contributed by atoms with E-state index in [0.717, 1.165) is 36.4 Å². The van der Waals surface area contributed by atoms with Crippen molar-refractivity contribution < 1.29 is 66.0 Å². The molecule has 0 saturated carbocycles. The summed E-state index contributed by atoms with van der Waals surface area (Å²) in [6.45, 7) is 4.34. The number of rotatable bonds is 9. The molecule has 1 aliphatic rings. The number of benzene rings is 3. The molecule has 0 aromatic heterocycles. The van der Waals surface area contributed by atoms with Crippen molar-refractivity contribution in [3.8, 4) is 17.6 Å². The molecule has 3 aromatic rings. The maximum Gasteiger partial charge on any atom is 1.00 e. The van der Waals surface area contributed by atoms with E-state index in [0.29, 0.717) is 6.61 Å². The van der Waals surface area contributed by atoms with Crippen LogP contribution in [0, 0.1) is 11.8 Å². The average molecular weight is 492 g/mol. The molecule has 0 bridgehead atoms. The molecule has 0 unspecified atom stereocenters. The summed E-state index contributed by atoms with van der Waals surface area (Å²) in [6.07, 6.45) is 3.30. The van der Waals surface area contributed by atoms with Crippen LogP contribution < -0.4 is 66.1 Å². The number of aliphatic carboxylic acids is 1. The van der Waals surface area contributed by atoms with E-state index in [1.807, 2.05) is 24.3 Å². The van der Waals surface area contributed by atoms with Gasteiger partial charge in [-0.1, -0.05) is 60.5 Å². The van der Waals surface area contributed by atoms with Crippen molar-refractivity contribution >= 4 is 11.7 Å². The predicted molar refractivity (Wildman–Crippen MR) is 134 cm³/mol. The summed E-state index contributed by atoms with van der Waals surface area (Å²) < 4.78 is 5.93. The number of nitrogens with zero attached hydrogens (tertiary/aromatic N) is 1. The van der Waals surface area contributed by atoms with Crippen molar-refractivity contribution in [2.75, 3.05) is 18.0 Å². The molecule has 3 aromatic carbocycles. The molecule has 0 amide bonds. The third-order valence-corrected chi connectivity index (χ3v) is 6.28. The summed E-state index contributed by atoms with van der Waals surface area (Å²) in [6, 6.07) is 24.8. The van der Waals surface area contributed by atoms with Crippen LogP contribution in [0.4, 0.5) is 5.69 Å². The molecule has 4 rings (SSSR count). The van der Waals surface area contributed by atoms with E-state index >= 15 is 0 Å². The van der Waals surface area contributed by atoms with Gasteiger partial charge in [-0.2, -0.15) is 0 Å². The number of carboxylic acids is 1. The van der Waals surface area contributed by atoms with Crippen LogP contribution in [0.3, 0.4) is 0 Å². The zero-order chi connectivity index (χ0) is 23.8. The molecule has 0 saturated heterocycles. The number of fused-ring (bicyclic) bond motifs is 1. The predicted octanol–water partition coefficient (Wildman–Crippen LogP) is 1.51. The Balaban J connectivity index is 0.00000342. The van der Waals surface area contributed by atoms with Gasteiger partial charge in [-0.05, 0) is 66.6 Å². The normalized spacial score (nSPS) is 13.0. The fraction of sp³-hybridized carbons (Fsp3) is 0.300. The smallest absolute Gasteiger partial charge is 0.550 e. The standard InChI is InChI=1S/C30H31NO3.K/c1-2-6-27(21-30(32)33)25-14-16-28(17-15-25)34-22-24-12-10-23(11-13-24)18-20-31-19-5-8-26-7-3-4-9-29(26)31;/h3-4,7,9-17,27H,5,8,18-22H2,1H3,(H,32,33);/q;+1/p-1/t27-;/m0./s1. The number of ether oxygens (including phenoxy) is 1. The van der Waals surface area contributed by atoms with E-state index in [4.69, 9.17) is 4.74 Å². The van der Waals surface area contributed by atoms with Gasteiger partial charge in [0.25, 0.3) is 0 Å². The van der Waals surface area contributed by atoms with E-state index in [1.54, 1.807) is 6.92 Å². The Morgan fingerprint density at radius 3 is 2.46 bits per heavy atom. The number of hydrogen-bond donors (Lipinski definition) is 0. The minimum Gasteiger partial charge on any atom is -0.550 e. The fourth-order valence-electron chi connectivity index (χ4n) is 4.47. The monoisotopic (exact) mass is 491 g/mol. The van der Waals surface area contributed by atoms with Crippen molar-refractivity contribution in [2.24, 2.45) is 0 Å². The van der Waals surface area contributed by atoms with E-state index < -0.39 is 5.97 Å². The third kappa shape index (κ3) is 7.96. The minimum atomic E-state index is -1.10. The Labute approximate surface area is 251 Å². The zero-order valence-corrected chi connectivity index (χ0v) is 23.8. The van der Waals surface area contributed by atoms with Crippen LogP contribution in [0.25, 0.3) is 0 Å². The molecular weight excluding hydrogens is 461 g/mol. The molecule has 0 N–H and O–H groups in total. The Morgan fingerprint density at radius 1 is 1.03 bits per heavy atom. The van der Waals surface area contributed by atoms with Gasteiger partial charge in [-0.15, -0.1) is 5.92 Å². The molecule has 1 atom stereocenters. The second-order valence-electron chi connectivity index (χ2n) is 8.67. The molecule has 0 fully saturated rings. The quantitative estimate of drug-likeness (QED) is 0.336. The van der Waals surface area contributed by atoms with Gasteiger partial charge in [-0.3, -0.25) is 0 Å². The molecule has 4 nitrogen and oxygen atoms in total. The molecule has 0 radical (unpaired) electrons. The first-order valence-corrected chi connectivity index (χ1v) is 11.9. The van der Waals surface area contributed by atoms with E-state index in [2.05, 4.69) is 65.3 Å². The maximum absolute atomic E-state index is 11.0.